The maximum atomic E-state index is 5.51. The van der Waals surface area contributed by atoms with Gasteiger partial charge in [-0.25, -0.2) is 9.97 Å². The van der Waals surface area contributed by atoms with Gasteiger partial charge in [-0.2, -0.15) is 0 Å². The molecule has 0 aliphatic heterocycles. The molecule has 7 aromatic carbocycles. The highest BCUT2D eigenvalue weighted by atomic mass is 14.9. The molecule has 0 N–H and O–H groups in total. The summed E-state index contributed by atoms with van der Waals surface area (Å²) in [5.41, 5.74) is 20.1. The third-order valence-electron chi connectivity index (χ3n) is 13.0. The van der Waals surface area contributed by atoms with Gasteiger partial charge in [-0.3, -0.25) is 0 Å². The Kier molecular flexibility index (Phi) is 6.60. The van der Waals surface area contributed by atoms with E-state index in [-0.39, 0.29) is 10.8 Å². The van der Waals surface area contributed by atoms with Crippen LogP contribution in [-0.4, -0.2) is 9.97 Å². The minimum Gasteiger partial charge on any atom is -0.228 e. The maximum Gasteiger partial charge on any atom is 0.161 e. The van der Waals surface area contributed by atoms with E-state index in [0.717, 1.165) is 33.9 Å². The van der Waals surface area contributed by atoms with Gasteiger partial charge in [-0.05, 0) is 78.9 Å². The van der Waals surface area contributed by atoms with Crippen LogP contribution in [0.2, 0.25) is 0 Å². The van der Waals surface area contributed by atoms with E-state index in [2.05, 4.69) is 198 Å². The Hall–Kier alpha value is -6.38. The van der Waals surface area contributed by atoms with E-state index in [1.165, 1.54) is 66.8 Å². The van der Waals surface area contributed by atoms with Crippen LogP contribution >= 0.6 is 0 Å². The van der Waals surface area contributed by atoms with Crippen LogP contribution in [0.5, 0.6) is 0 Å². The van der Waals surface area contributed by atoms with Crippen molar-refractivity contribution < 1.29 is 0 Å². The molecule has 0 atom stereocenters. The highest BCUT2D eigenvalue weighted by Crippen LogP contribution is 2.63. The molecular weight excluding hydrogens is 665 g/mol. The molecule has 262 valence electrons. The Morgan fingerprint density at radius 1 is 0.327 bits per heavy atom. The van der Waals surface area contributed by atoms with Crippen LogP contribution in [0, 0.1) is 0 Å². The number of fused-ring (bicyclic) bond motifs is 12. The smallest absolute Gasteiger partial charge is 0.161 e. The van der Waals surface area contributed by atoms with Gasteiger partial charge in [0.05, 0.1) is 16.8 Å². The summed E-state index contributed by atoms with van der Waals surface area (Å²) in [5.74, 6) is 0.737. The highest BCUT2D eigenvalue weighted by Gasteiger charge is 2.53. The van der Waals surface area contributed by atoms with Gasteiger partial charge in [0.15, 0.2) is 5.82 Å². The molecule has 0 unspecified atom stereocenters. The molecule has 0 saturated heterocycles. The molecule has 11 rings (SSSR count). The zero-order chi connectivity index (χ0) is 37.1. The van der Waals surface area contributed by atoms with Gasteiger partial charge in [-0.1, -0.05) is 185 Å². The molecular formula is C53H40N2. The molecule has 0 amide bonds. The molecule has 2 nitrogen and oxygen atoms in total. The summed E-state index contributed by atoms with van der Waals surface area (Å²) in [5, 5.41) is 0. The highest BCUT2D eigenvalue weighted by molar-refractivity contribution is 5.96. The molecule has 0 saturated carbocycles. The average molecular weight is 705 g/mol. The lowest BCUT2D eigenvalue weighted by Crippen LogP contribution is -2.40. The summed E-state index contributed by atoms with van der Waals surface area (Å²) in [6.45, 7) is 9.43. The molecule has 3 aliphatic carbocycles. The summed E-state index contributed by atoms with van der Waals surface area (Å²) < 4.78 is 0. The van der Waals surface area contributed by atoms with Gasteiger partial charge >= 0.3 is 0 Å². The molecule has 3 aliphatic rings. The van der Waals surface area contributed by atoms with Gasteiger partial charge < -0.3 is 0 Å². The second kappa shape index (κ2) is 11.3. The number of nitrogens with zero attached hydrogens (tertiary/aromatic N) is 2. The minimum atomic E-state index is -0.481. The van der Waals surface area contributed by atoms with Crippen LogP contribution in [-0.2, 0) is 16.2 Å². The van der Waals surface area contributed by atoms with Gasteiger partial charge in [0, 0.05) is 27.5 Å². The van der Waals surface area contributed by atoms with Gasteiger partial charge in [0.2, 0.25) is 0 Å². The van der Waals surface area contributed by atoms with Crippen LogP contribution < -0.4 is 0 Å². The largest absolute Gasteiger partial charge is 0.228 e. The SMILES string of the molecule is CC1(C)c2ccccc2-c2ccc(-c3cc(-c4ccccc4)nc(-c4cccc5c4-c4ccccc4C54c5ccccc5C(C)(C)c5ccccc54)n3)cc21. The first-order chi connectivity index (χ1) is 26.8. The van der Waals surface area contributed by atoms with Crippen LogP contribution in [0.4, 0.5) is 0 Å². The number of aromatic nitrogens is 2. The van der Waals surface area contributed by atoms with Crippen molar-refractivity contribution in [2.24, 2.45) is 0 Å². The molecule has 1 heterocycles. The maximum absolute atomic E-state index is 5.51. The quantitative estimate of drug-likeness (QED) is 0.183. The summed E-state index contributed by atoms with van der Waals surface area (Å²) in [4.78, 5) is 10.9. The van der Waals surface area contributed by atoms with Crippen molar-refractivity contribution >= 4 is 0 Å². The molecule has 0 radical (unpaired) electrons. The van der Waals surface area contributed by atoms with E-state index in [0.29, 0.717) is 0 Å². The van der Waals surface area contributed by atoms with Crippen molar-refractivity contribution in [2.75, 3.05) is 0 Å². The van der Waals surface area contributed by atoms with Crippen molar-refractivity contribution in [2.45, 2.75) is 43.9 Å². The van der Waals surface area contributed by atoms with Gasteiger partial charge in [0.1, 0.15) is 0 Å². The molecule has 0 bridgehead atoms. The predicted molar refractivity (Wildman–Crippen MR) is 225 cm³/mol. The zero-order valence-corrected chi connectivity index (χ0v) is 31.6. The monoisotopic (exact) mass is 704 g/mol. The van der Waals surface area contributed by atoms with Crippen molar-refractivity contribution in [3.8, 4) is 56.2 Å². The molecule has 1 aromatic heterocycles. The molecule has 2 heteroatoms. The van der Waals surface area contributed by atoms with Gasteiger partial charge in [-0.15, -0.1) is 0 Å². The lowest BCUT2D eigenvalue weighted by molar-refractivity contribution is 0.563. The Morgan fingerprint density at radius 2 is 0.818 bits per heavy atom. The van der Waals surface area contributed by atoms with Crippen LogP contribution in [0.1, 0.15) is 72.2 Å². The Balaban J connectivity index is 1.18. The summed E-state index contributed by atoms with van der Waals surface area (Å²) >= 11 is 0. The summed E-state index contributed by atoms with van der Waals surface area (Å²) in [6.07, 6.45) is 0. The molecule has 0 fully saturated rings. The first kappa shape index (κ1) is 32.1. The number of hydrogen-bond acceptors (Lipinski definition) is 2. The summed E-state index contributed by atoms with van der Waals surface area (Å²) in [6, 6.07) is 62.5. The summed E-state index contributed by atoms with van der Waals surface area (Å²) in [7, 11) is 0. The fourth-order valence-electron chi connectivity index (χ4n) is 10.4. The fourth-order valence-corrected chi connectivity index (χ4v) is 10.4. The normalized spacial score (nSPS) is 15.7. The lowest BCUT2D eigenvalue weighted by atomic mass is 9.55. The molecule has 1 spiro atoms. The number of rotatable bonds is 3. The number of hydrogen-bond donors (Lipinski definition) is 0. The standard InChI is InChI=1S/C53H40N2/c1-51(2)39-22-10-8-19-35(39)36-30-29-34(31-46(36)51)48-32-47(33-17-6-5-7-18-33)54-50(55-48)38-21-16-28-45-49(38)37-20-9-11-23-40(37)53(45)43-26-14-12-24-41(43)52(3,4)42-25-13-15-27-44(42)53/h5-32H,1-4H3. The Morgan fingerprint density at radius 3 is 1.51 bits per heavy atom. The molecule has 55 heavy (non-hydrogen) atoms. The second-order valence-electron chi connectivity index (χ2n) is 16.5. The average Bonchev–Trinajstić information content (AvgIpc) is 3.66. The third kappa shape index (κ3) is 4.25. The first-order valence-electron chi connectivity index (χ1n) is 19.4. The van der Waals surface area contributed by atoms with E-state index in [9.17, 15) is 0 Å². The Bertz CT molecular complexity index is 2830. The lowest BCUT2D eigenvalue weighted by Gasteiger charge is -2.46. The first-order valence-corrected chi connectivity index (χ1v) is 19.4. The fraction of sp³-hybridized carbons (Fsp3) is 0.132. The van der Waals surface area contributed by atoms with Crippen LogP contribution in [0.3, 0.4) is 0 Å². The van der Waals surface area contributed by atoms with E-state index in [1.54, 1.807) is 0 Å². The third-order valence-corrected chi connectivity index (χ3v) is 13.0. The van der Waals surface area contributed by atoms with Crippen LogP contribution in [0.25, 0.3) is 56.2 Å². The minimum absolute atomic E-state index is 0.112. The van der Waals surface area contributed by atoms with E-state index in [1.807, 2.05) is 0 Å². The predicted octanol–water partition coefficient (Wildman–Crippen LogP) is 12.8. The second-order valence-corrected chi connectivity index (χ2v) is 16.5. The van der Waals surface area contributed by atoms with Crippen molar-refractivity contribution in [1.82, 2.24) is 9.97 Å². The zero-order valence-electron chi connectivity index (χ0n) is 31.6. The van der Waals surface area contributed by atoms with E-state index >= 15 is 0 Å². The topological polar surface area (TPSA) is 25.8 Å². The Labute approximate surface area is 323 Å². The van der Waals surface area contributed by atoms with E-state index < -0.39 is 5.41 Å². The van der Waals surface area contributed by atoms with Crippen molar-refractivity contribution in [3.63, 3.8) is 0 Å². The van der Waals surface area contributed by atoms with Crippen molar-refractivity contribution in [1.29, 1.82) is 0 Å². The number of benzene rings is 7. The van der Waals surface area contributed by atoms with Gasteiger partial charge in [0.25, 0.3) is 0 Å². The van der Waals surface area contributed by atoms with Crippen molar-refractivity contribution in [3.05, 3.63) is 214 Å². The molecule has 8 aromatic rings. The van der Waals surface area contributed by atoms with E-state index in [4.69, 9.17) is 9.97 Å². The van der Waals surface area contributed by atoms with Crippen LogP contribution in [0.15, 0.2) is 170 Å².